The molecular formula is C12H17N3O4S2. The number of nitrogen functional groups attached to an aromatic ring is 1. The summed E-state index contributed by atoms with van der Waals surface area (Å²) in [5, 5.41) is 10.8. The molecule has 1 aliphatic rings. The van der Waals surface area contributed by atoms with Crippen LogP contribution in [0.3, 0.4) is 0 Å². The van der Waals surface area contributed by atoms with Crippen LogP contribution in [-0.2, 0) is 10.0 Å². The lowest BCUT2D eigenvalue weighted by atomic mass is 10.0. The zero-order chi connectivity index (χ0) is 15.5. The Morgan fingerprint density at radius 3 is 2.67 bits per heavy atom. The van der Waals surface area contributed by atoms with Gasteiger partial charge in [0.05, 0.1) is 9.82 Å². The fraction of sp³-hybridized carbons (Fsp3) is 0.500. The van der Waals surface area contributed by atoms with Gasteiger partial charge in [0.1, 0.15) is 5.69 Å². The van der Waals surface area contributed by atoms with Crippen molar-refractivity contribution in [1.82, 2.24) is 4.72 Å². The third-order valence-corrected chi connectivity index (χ3v) is 5.88. The zero-order valence-electron chi connectivity index (χ0n) is 11.3. The van der Waals surface area contributed by atoms with Gasteiger partial charge in [-0.1, -0.05) is 0 Å². The summed E-state index contributed by atoms with van der Waals surface area (Å²) in [6.45, 7) is 0.362. The number of rotatable bonds is 5. The summed E-state index contributed by atoms with van der Waals surface area (Å²) in [7, 11) is -3.75. The second-order valence-corrected chi connectivity index (χ2v) is 7.88. The molecule has 2 rings (SSSR count). The Kier molecular flexibility index (Phi) is 5.07. The van der Waals surface area contributed by atoms with Gasteiger partial charge in [-0.25, -0.2) is 13.1 Å². The third-order valence-electron chi connectivity index (χ3n) is 3.41. The average molecular weight is 331 g/mol. The van der Waals surface area contributed by atoms with Crippen molar-refractivity contribution in [1.29, 1.82) is 0 Å². The molecule has 0 aromatic heterocycles. The number of nitrogens with one attached hydrogen (secondary N) is 1. The van der Waals surface area contributed by atoms with Crippen molar-refractivity contribution >= 4 is 33.2 Å². The van der Waals surface area contributed by atoms with Crippen molar-refractivity contribution in [3.8, 4) is 0 Å². The number of anilines is 1. The van der Waals surface area contributed by atoms with E-state index in [4.69, 9.17) is 5.73 Å². The minimum Gasteiger partial charge on any atom is -0.393 e. The highest BCUT2D eigenvalue weighted by molar-refractivity contribution is 7.99. The number of thioether (sulfide) groups is 1. The van der Waals surface area contributed by atoms with Crippen LogP contribution in [0.1, 0.15) is 12.8 Å². The maximum absolute atomic E-state index is 12.2. The van der Waals surface area contributed by atoms with E-state index >= 15 is 0 Å². The fourth-order valence-electron chi connectivity index (χ4n) is 2.11. The second-order valence-electron chi connectivity index (χ2n) is 4.89. The molecule has 9 heteroatoms. The maximum atomic E-state index is 12.2. The normalized spacial score (nSPS) is 16.8. The summed E-state index contributed by atoms with van der Waals surface area (Å²) >= 11 is 1.87. The molecule has 21 heavy (non-hydrogen) atoms. The Balaban J connectivity index is 2.11. The highest BCUT2D eigenvalue weighted by Crippen LogP contribution is 2.26. The molecule has 3 N–H and O–H groups in total. The van der Waals surface area contributed by atoms with Crippen molar-refractivity contribution in [2.24, 2.45) is 5.92 Å². The summed E-state index contributed by atoms with van der Waals surface area (Å²) in [4.78, 5) is 10.00. The van der Waals surface area contributed by atoms with Gasteiger partial charge in [-0.2, -0.15) is 11.8 Å². The summed E-state index contributed by atoms with van der Waals surface area (Å²) in [5.74, 6) is 2.41. The van der Waals surface area contributed by atoms with Gasteiger partial charge in [0.15, 0.2) is 0 Å². The average Bonchev–Trinajstić information content (AvgIpc) is 2.46. The van der Waals surface area contributed by atoms with E-state index in [1.807, 2.05) is 11.8 Å². The van der Waals surface area contributed by atoms with Crippen LogP contribution in [0.15, 0.2) is 23.1 Å². The van der Waals surface area contributed by atoms with Crippen molar-refractivity contribution < 1.29 is 13.3 Å². The van der Waals surface area contributed by atoms with Gasteiger partial charge in [0.25, 0.3) is 5.69 Å². The molecule has 1 aromatic rings. The van der Waals surface area contributed by atoms with Gasteiger partial charge in [-0.3, -0.25) is 10.1 Å². The molecule has 0 saturated carbocycles. The SMILES string of the molecule is Nc1ccc(S(=O)(=O)NCC2CCSCC2)cc1[N+](=O)[O-]. The fourth-order valence-corrected chi connectivity index (χ4v) is 4.45. The molecule has 0 atom stereocenters. The van der Waals surface area contributed by atoms with E-state index < -0.39 is 20.6 Å². The number of hydrogen-bond donors (Lipinski definition) is 2. The standard InChI is InChI=1S/C12H17N3O4S2/c13-11-2-1-10(7-12(11)15(16)17)21(18,19)14-8-9-3-5-20-6-4-9/h1-2,7,9,14H,3-6,8,13H2. The van der Waals surface area contributed by atoms with Crippen LogP contribution in [0.25, 0.3) is 0 Å². The Bertz CT molecular complexity index is 627. The minimum absolute atomic E-state index is 0.0525. The van der Waals surface area contributed by atoms with Crippen molar-refractivity contribution in [2.75, 3.05) is 23.8 Å². The van der Waals surface area contributed by atoms with Crippen LogP contribution in [0.4, 0.5) is 11.4 Å². The van der Waals surface area contributed by atoms with E-state index in [2.05, 4.69) is 4.72 Å². The number of nitrogens with zero attached hydrogens (tertiary/aromatic N) is 1. The Labute approximate surface area is 127 Å². The molecule has 0 bridgehead atoms. The molecule has 7 nitrogen and oxygen atoms in total. The molecular weight excluding hydrogens is 314 g/mol. The molecule has 0 amide bonds. The van der Waals surface area contributed by atoms with Crippen LogP contribution >= 0.6 is 11.8 Å². The van der Waals surface area contributed by atoms with Crippen molar-refractivity contribution in [2.45, 2.75) is 17.7 Å². The molecule has 0 radical (unpaired) electrons. The van der Waals surface area contributed by atoms with Crippen LogP contribution in [0, 0.1) is 16.0 Å². The molecule has 1 aromatic carbocycles. The predicted octanol–water partition coefficient (Wildman–Crippen LogP) is 1.60. The predicted molar refractivity (Wildman–Crippen MR) is 82.7 cm³/mol. The monoisotopic (exact) mass is 331 g/mol. The third kappa shape index (κ3) is 4.08. The highest BCUT2D eigenvalue weighted by atomic mass is 32.2. The molecule has 0 aliphatic carbocycles. The largest absolute Gasteiger partial charge is 0.393 e. The number of sulfonamides is 1. The first-order valence-corrected chi connectivity index (χ1v) is 9.15. The summed E-state index contributed by atoms with van der Waals surface area (Å²) in [5.41, 5.74) is 5.02. The second kappa shape index (κ2) is 6.63. The maximum Gasteiger partial charge on any atom is 0.293 e. The molecule has 0 spiro atoms. The van der Waals surface area contributed by atoms with E-state index in [0.29, 0.717) is 12.5 Å². The first-order valence-electron chi connectivity index (χ1n) is 6.51. The van der Waals surface area contributed by atoms with Crippen LogP contribution in [-0.4, -0.2) is 31.4 Å². The van der Waals surface area contributed by atoms with Crippen molar-refractivity contribution in [3.05, 3.63) is 28.3 Å². The Morgan fingerprint density at radius 2 is 2.05 bits per heavy atom. The van der Waals surface area contributed by atoms with Gasteiger partial charge in [-0.05, 0) is 42.4 Å². The minimum atomic E-state index is -3.75. The van der Waals surface area contributed by atoms with E-state index in [-0.39, 0.29) is 10.6 Å². The number of nitro benzene ring substituents is 1. The number of nitrogens with two attached hydrogens (primary N) is 1. The number of benzene rings is 1. The molecule has 1 heterocycles. The number of hydrogen-bond acceptors (Lipinski definition) is 6. The van der Waals surface area contributed by atoms with E-state index in [9.17, 15) is 18.5 Å². The summed E-state index contributed by atoms with van der Waals surface area (Å²) < 4.78 is 26.9. The molecule has 1 saturated heterocycles. The Hall–Kier alpha value is -1.32. The Morgan fingerprint density at radius 1 is 1.38 bits per heavy atom. The molecule has 116 valence electrons. The lowest BCUT2D eigenvalue weighted by molar-refractivity contribution is -0.384. The van der Waals surface area contributed by atoms with Crippen LogP contribution in [0.5, 0.6) is 0 Å². The molecule has 1 aliphatic heterocycles. The van der Waals surface area contributed by atoms with Gasteiger partial charge in [-0.15, -0.1) is 0 Å². The van der Waals surface area contributed by atoms with E-state index in [1.165, 1.54) is 12.1 Å². The van der Waals surface area contributed by atoms with Crippen LogP contribution < -0.4 is 10.5 Å². The van der Waals surface area contributed by atoms with Crippen LogP contribution in [0.2, 0.25) is 0 Å². The lowest BCUT2D eigenvalue weighted by Gasteiger charge is -2.21. The topological polar surface area (TPSA) is 115 Å². The van der Waals surface area contributed by atoms with E-state index in [1.54, 1.807) is 0 Å². The summed E-state index contributed by atoms with van der Waals surface area (Å²) in [6.07, 6.45) is 1.96. The van der Waals surface area contributed by atoms with Gasteiger partial charge in [0.2, 0.25) is 10.0 Å². The molecule has 0 unspecified atom stereocenters. The molecule has 1 fully saturated rings. The lowest BCUT2D eigenvalue weighted by Crippen LogP contribution is -2.31. The highest BCUT2D eigenvalue weighted by Gasteiger charge is 2.22. The van der Waals surface area contributed by atoms with Gasteiger partial charge >= 0.3 is 0 Å². The smallest absolute Gasteiger partial charge is 0.293 e. The number of nitro groups is 1. The zero-order valence-corrected chi connectivity index (χ0v) is 13.0. The van der Waals surface area contributed by atoms with Crippen molar-refractivity contribution in [3.63, 3.8) is 0 Å². The first kappa shape index (κ1) is 16.1. The quantitative estimate of drug-likeness (QED) is 0.481. The van der Waals surface area contributed by atoms with E-state index in [0.717, 1.165) is 30.4 Å². The van der Waals surface area contributed by atoms with Gasteiger partial charge in [0, 0.05) is 12.6 Å². The first-order chi connectivity index (χ1) is 9.90. The summed E-state index contributed by atoms with van der Waals surface area (Å²) in [6, 6.07) is 3.51. The van der Waals surface area contributed by atoms with Gasteiger partial charge < -0.3 is 5.73 Å².